The molecule has 198 valence electrons. The number of hydrogen-bond acceptors (Lipinski definition) is 6. The number of anilines is 1. The van der Waals surface area contributed by atoms with Crippen LogP contribution in [0.2, 0.25) is 0 Å². The van der Waals surface area contributed by atoms with Crippen molar-refractivity contribution in [2.45, 2.75) is 45.3 Å². The van der Waals surface area contributed by atoms with E-state index in [2.05, 4.69) is 30.5 Å². The lowest BCUT2D eigenvalue weighted by Gasteiger charge is -2.35. The summed E-state index contributed by atoms with van der Waals surface area (Å²) in [5.41, 5.74) is 2.94. The smallest absolute Gasteiger partial charge is 0.407 e. The number of carbonyl (C=O) groups excluding carboxylic acids is 2. The number of H-pyrrole nitrogens is 1. The van der Waals surface area contributed by atoms with Crippen LogP contribution >= 0.6 is 0 Å². The number of nitrogens with one attached hydrogen (secondary N) is 3. The molecule has 0 bridgehead atoms. The van der Waals surface area contributed by atoms with Gasteiger partial charge in [-0.25, -0.2) is 14.2 Å². The summed E-state index contributed by atoms with van der Waals surface area (Å²) >= 11 is 0. The van der Waals surface area contributed by atoms with E-state index >= 15 is 4.39 Å². The number of halogens is 1. The molecule has 2 amide bonds. The standard InChI is InChI=1S/C28H31FN6O3/c1-28(2,3)38-27(37)34-18-6-5-9-35(15-18)23-7-8-31-24-20(23)10-16(12-22(24)29)21-14-33-25-19(21)11-17(13-32-25)26(36)30-4/h7-8,10-14,18H,5-6,9,15H2,1-4H3,(H,30,36)(H,32,33)(H,34,37). The van der Waals surface area contributed by atoms with Crippen LogP contribution in [0.3, 0.4) is 0 Å². The van der Waals surface area contributed by atoms with Gasteiger partial charge in [0, 0.05) is 66.8 Å². The highest BCUT2D eigenvalue weighted by Gasteiger charge is 2.26. The van der Waals surface area contributed by atoms with Crippen molar-refractivity contribution in [1.82, 2.24) is 25.6 Å². The van der Waals surface area contributed by atoms with Gasteiger partial charge in [-0.15, -0.1) is 0 Å². The van der Waals surface area contributed by atoms with Crippen LogP contribution in [0.4, 0.5) is 14.9 Å². The Morgan fingerprint density at radius 1 is 1.18 bits per heavy atom. The summed E-state index contributed by atoms with van der Waals surface area (Å²) < 4.78 is 20.8. The Kier molecular flexibility index (Phi) is 6.64. The molecule has 1 unspecified atom stereocenters. The predicted octanol–water partition coefficient (Wildman–Crippen LogP) is 4.77. The van der Waals surface area contributed by atoms with Crippen molar-refractivity contribution in [1.29, 1.82) is 0 Å². The normalized spacial score (nSPS) is 16.0. The quantitative estimate of drug-likeness (QED) is 0.359. The topological polar surface area (TPSA) is 112 Å². The van der Waals surface area contributed by atoms with Crippen LogP contribution < -0.4 is 15.5 Å². The molecule has 0 radical (unpaired) electrons. The second-order valence-electron chi connectivity index (χ2n) is 10.5. The number of pyridine rings is 2. The van der Waals surface area contributed by atoms with Crippen molar-refractivity contribution in [2.75, 3.05) is 25.0 Å². The number of benzene rings is 1. The number of piperidine rings is 1. The maximum atomic E-state index is 15.4. The van der Waals surface area contributed by atoms with E-state index in [0.717, 1.165) is 36.0 Å². The van der Waals surface area contributed by atoms with Gasteiger partial charge in [-0.1, -0.05) is 0 Å². The van der Waals surface area contributed by atoms with Crippen molar-refractivity contribution in [2.24, 2.45) is 0 Å². The highest BCUT2D eigenvalue weighted by atomic mass is 19.1. The van der Waals surface area contributed by atoms with Crippen LogP contribution in [-0.4, -0.2) is 58.7 Å². The van der Waals surface area contributed by atoms with E-state index in [-0.39, 0.29) is 17.5 Å². The lowest BCUT2D eigenvalue weighted by atomic mass is 10.00. The lowest BCUT2D eigenvalue weighted by Crippen LogP contribution is -2.49. The minimum atomic E-state index is -0.577. The zero-order valence-electron chi connectivity index (χ0n) is 21.9. The Bertz CT molecular complexity index is 1530. The molecule has 1 atom stereocenters. The highest BCUT2D eigenvalue weighted by molar-refractivity contribution is 6.03. The summed E-state index contributed by atoms with van der Waals surface area (Å²) in [6, 6.07) is 6.90. The molecule has 5 rings (SSSR count). The summed E-state index contributed by atoms with van der Waals surface area (Å²) in [4.78, 5) is 38.4. The summed E-state index contributed by atoms with van der Waals surface area (Å²) in [5.74, 6) is -0.688. The molecule has 3 N–H and O–H groups in total. The Morgan fingerprint density at radius 2 is 2.00 bits per heavy atom. The molecule has 1 aromatic carbocycles. The van der Waals surface area contributed by atoms with Gasteiger partial charge >= 0.3 is 6.09 Å². The molecule has 10 heteroatoms. The third-order valence-electron chi connectivity index (χ3n) is 6.59. The Morgan fingerprint density at radius 3 is 2.76 bits per heavy atom. The van der Waals surface area contributed by atoms with E-state index in [9.17, 15) is 9.59 Å². The fourth-order valence-corrected chi connectivity index (χ4v) is 4.93. The number of carbonyl (C=O) groups is 2. The van der Waals surface area contributed by atoms with Gasteiger partial charge in [0.15, 0.2) is 0 Å². The van der Waals surface area contributed by atoms with Gasteiger partial charge in [-0.3, -0.25) is 9.78 Å². The molecule has 0 spiro atoms. The van der Waals surface area contributed by atoms with Gasteiger partial charge < -0.3 is 25.3 Å². The molecular formula is C28H31FN6O3. The number of aromatic nitrogens is 3. The molecule has 38 heavy (non-hydrogen) atoms. The number of amides is 2. The average molecular weight is 519 g/mol. The SMILES string of the molecule is CNC(=O)c1cnc2[nH]cc(-c3cc(F)c4nccc(N5CCCC(NC(=O)OC(C)(C)C)C5)c4c3)c2c1. The summed E-state index contributed by atoms with van der Waals surface area (Å²) in [6.45, 7) is 6.83. The Labute approximate surface area is 219 Å². The molecule has 1 aliphatic heterocycles. The van der Waals surface area contributed by atoms with Gasteiger partial charge in [0.05, 0.1) is 5.56 Å². The molecule has 3 aromatic heterocycles. The average Bonchev–Trinajstić information content (AvgIpc) is 3.30. The van der Waals surface area contributed by atoms with E-state index < -0.39 is 17.5 Å². The number of ether oxygens (including phenoxy) is 1. The van der Waals surface area contributed by atoms with Gasteiger partial charge in [-0.2, -0.15) is 0 Å². The zero-order chi connectivity index (χ0) is 27.0. The molecular weight excluding hydrogens is 487 g/mol. The number of fused-ring (bicyclic) bond motifs is 2. The first-order valence-corrected chi connectivity index (χ1v) is 12.7. The van der Waals surface area contributed by atoms with E-state index in [1.165, 1.54) is 12.3 Å². The summed E-state index contributed by atoms with van der Waals surface area (Å²) in [5, 5.41) is 6.96. The molecule has 1 saturated heterocycles. The van der Waals surface area contributed by atoms with Crippen molar-refractivity contribution in [3.63, 3.8) is 0 Å². The molecule has 0 aliphatic carbocycles. The first-order valence-electron chi connectivity index (χ1n) is 12.7. The summed E-state index contributed by atoms with van der Waals surface area (Å²) in [6.07, 6.45) is 6.13. The second-order valence-corrected chi connectivity index (χ2v) is 10.5. The maximum Gasteiger partial charge on any atom is 0.407 e. The van der Waals surface area contributed by atoms with Crippen LogP contribution in [-0.2, 0) is 4.74 Å². The van der Waals surface area contributed by atoms with Gasteiger partial charge in [0.25, 0.3) is 5.91 Å². The number of alkyl carbamates (subject to hydrolysis) is 1. The monoisotopic (exact) mass is 518 g/mol. The third-order valence-corrected chi connectivity index (χ3v) is 6.59. The van der Waals surface area contributed by atoms with Crippen LogP contribution in [0.1, 0.15) is 44.0 Å². The Hall–Kier alpha value is -4.21. The van der Waals surface area contributed by atoms with Crippen molar-refractivity contribution >= 4 is 39.6 Å². The van der Waals surface area contributed by atoms with E-state index in [1.54, 1.807) is 25.5 Å². The largest absolute Gasteiger partial charge is 0.444 e. The molecule has 4 heterocycles. The fourth-order valence-electron chi connectivity index (χ4n) is 4.93. The third kappa shape index (κ3) is 5.11. The van der Waals surface area contributed by atoms with Crippen molar-refractivity contribution < 1.29 is 18.7 Å². The van der Waals surface area contributed by atoms with Crippen molar-refractivity contribution in [3.05, 3.63) is 54.2 Å². The van der Waals surface area contributed by atoms with Crippen molar-refractivity contribution in [3.8, 4) is 11.1 Å². The maximum absolute atomic E-state index is 15.4. The fraction of sp³-hybridized carbons (Fsp3) is 0.357. The molecule has 9 nitrogen and oxygen atoms in total. The number of hydrogen-bond donors (Lipinski definition) is 3. The van der Waals surface area contributed by atoms with Crippen LogP contribution in [0.5, 0.6) is 0 Å². The molecule has 1 fully saturated rings. The van der Waals surface area contributed by atoms with Crippen LogP contribution in [0.15, 0.2) is 42.9 Å². The summed E-state index contributed by atoms with van der Waals surface area (Å²) in [7, 11) is 1.56. The van der Waals surface area contributed by atoms with Gasteiger partial charge in [0.1, 0.15) is 22.6 Å². The second kappa shape index (κ2) is 9.92. The first kappa shape index (κ1) is 25.4. The predicted molar refractivity (Wildman–Crippen MR) is 145 cm³/mol. The Balaban J connectivity index is 1.50. The highest BCUT2D eigenvalue weighted by Crippen LogP contribution is 2.35. The lowest BCUT2D eigenvalue weighted by molar-refractivity contribution is 0.0500. The van der Waals surface area contributed by atoms with E-state index in [0.29, 0.717) is 28.7 Å². The van der Waals surface area contributed by atoms with Crippen LogP contribution in [0, 0.1) is 5.82 Å². The number of aromatic amines is 1. The zero-order valence-corrected chi connectivity index (χ0v) is 21.9. The number of nitrogens with zero attached hydrogens (tertiary/aromatic N) is 3. The van der Waals surface area contributed by atoms with E-state index in [4.69, 9.17) is 4.74 Å². The minimum Gasteiger partial charge on any atom is -0.444 e. The van der Waals surface area contributed by atoms with Crippen LogP contribution in [0.25, 0.3) is 33.1 Å². The van der Waals surface area contributed by atoms with Gasteiger partial charge in [-0.05, 0) is 63.4 Å². The molecule has 4 aromatic rings. The number of rotatable bonds is 4. The molecule has 1 aliphatic rings. The van der Waals surface area contributed by atoms with E-state index in [1.807, 2.05) is 32.9 Å². The van der Waals surface area contributed by atoms with Gasteiger partial charge in [0.2, 0.25) is 0 Å². The minimum absolute atomic E-state index is 0.0994. The first-order chi connectivity index (χ1) is 18.1. The molecule has 0 saturated carbocycles.